The molecule has 0 aromatic heterocycles. The third kappa shape index (κ3) is 2.74. The fourth-order valence-corrected chi connectivity index (χ4v) is 2.17. The Balaban J connectivity index is 3.40. The fourth-order valence-electron chi connectivity index (χ4n) is 0.920. The summed E-state index contributed by atoms with van der Waals surface area (Å²) in [6, 6.07) is 4.00. The van der Waals surface area contributed by atoms with E-state index in [9.17, 15) is 8.42 Å². The zero-order valence-electron chi connectivity index (χ0n) is 7.51. The highest BCUT2D eigenvalue weighted by Crippen LogP contribution is 2.23. The van der Waals surface area contributed by atoms with E-state index in [0.29, 0.717) is 0 Å². The number of nitrogen functional groups attached to an aromatic ring is 1. The summed E-state index contributed by atoms with van der Waals surface area (Å²) in [4.78, 5) is -0.219. The van der Waals surface area contributed by atoms with Crippen molar-refractivity contribution in [1.29, 1.82) is 0 Å². The van der Waals surface area contributed by atoms with Crippen LogP contribution >= 0.6 is 11.6 Å². The number of anilines is 1. The van der Waals surface area contributed by atoms with E-state index < -0.39 is 16.0 Å². The zero-order valence-corrected chi connectivity index (χ0v) is 9.09. The van der Waals surface area contributed by atoms with Crippen LogP contribution in [0, 0.1) is 0 Å². The summed E-state index contributed by atoms with van der Waals surface area (Å²) in [6.07, 6.45) is 0. The SMILES string of the molecule is NC(N)=NS(=O)(=O)c1cc(Cl)ccc1N. The maximum atomic E-state index is 11.5. The van der Waals surface area contributed by atoms with Gasteiger partial charge in [0, 0.05) is 5.02 Å². The van der Waals surface area contributed by atoms with Crippen LogP contribution in [0.1, 0.15) is 0 Å². The first-order chi connectivity index (χ1) is 6.83. The molecule has 0 saturated heterocycles. The molecule has 0 heterocycles. The molecule has 0 spiro atoms. The van der Waals surface area contributed by atoms with Gasteiger partial charge in [-0.15, -0.1) is 4.40 Å². The summed E-state index contributed by atoms with van der Waals surface area (Å²) in [7, 11) is -3.98. The lowest BCUT2D eigenvalue weighted by Crippen LogP contribution is -2.24. The van der Waals surface area contributed by atoms with Crippen LogP contribution in [0.3, 0.4) is 0 Å². The summed E-state index contributed by atoms with van der Waals surface area (Å²) in [5.74, 6) is -0.561. The van der Waals surface area contributed by atoms with Crippen LogP contribution in [0.4, 0.5) is 5.69 Å². The Bertz CT molecular complexity index is 508. The average molecular weight is 249 g/mol. The van der Waals surface area contributed by atoms with Crippen molar-refractivity contribution in [2.45, 2.75) is 4.90 Å². The Hall–Kier alpha value is -1.47. The smallest absolute Gasteiger partial charge is 0.287 e. The van der Waals surface area contributed by atoms with Gasteiger partial charge < -0.3 is 17.2 Å². The van der Waals surface area contributed by atoms with E-state index >= 15 is 0 Å². The second-order valence-electron chi connectivity index (χ2n) is 2.67. The minimum atomic E-state index is -3.98. The van der Waals surface area contributed by atoms with E-state index in [4.69, 9.17) is 28.8 Å². The van der Waals surface area contributed by atoms with Gasteiger partial charge in [0.05, 0.1) is 5.69 Å². The molecule has 0 atom stereocenters. The number of sulfonamides is 1. The van der Waals surface area contributed by atoms with E-state index in [1.807, 2.05) is 0 Å². The third-order valence-corrected chi connectivity index (χ3v) is 3.07. The summed E-state index contributed by atoms with van der Waals surface area (Å²) in [6.45, 7) is 0. The van der Waals surface area contributed by atoms with Gasteiger partial charge in [-0.2, -0.15) is 8.42 Å². The molecular formula is C7H9ClN4O2S. The molecule has 0 bridgehead atoms. The fraction of sp³-hybridized carbons (Fsp3) is 0. The van der Waals surface area contributed by atoms with Gasteiger partial charge >= 0.3 is 0 Å². The molecule has 0 aliphatic carbocycles. The lowest BCUT2D eigenvalue weighted by Gasteiger charge is -2.03. The Morgan fingerprint density at radius 2 is 1.93 bits per heavy atom. The van der Waals surface area contributed by atoms with Crippen LogP contribution in [-0.4, -0.2) is 14.4 Å². The first kappa shape index (κ1) is 11.6. The molecule has 0 radical (unpaired) electrons. The van der Waals surface area contributed by atoms with Crippen molar-refractivity contribution < 1.29 is 8.42 Å². The van der Waals surface area contributed by atoms with Crippen molar-refractivity contribution in [1.82, 2.24) is 0 Å². The summed E-state index contributed by atoms with van der Waals surface area (Å²) >= 11 is 5.63. The predicted octanol–water partition coefficient (Wildman–Crippen LogP) is -0.116. The Morgan fingerprint density at radius 3 is 2.47 bits per heavy atom. The lowest BCUT2D eigenvalue weighted by atomic mass is 10.3. The molecule has 6 nitrogen and oxygen atoms in total. The molecule has 0 aliphatic heterocycles. The van der Waals surface area contributed by atoms with Crippen LogP contribution in [0.15, 0.2) is 27.5 Å². The maximum absolute atomic E-state index is 11.5. The topological polar surface area (TPSA) is 125 Å². The normalized spacial score (nSPS) is 11.0. The van der Waals surface area contributed by atoms with Crippen LogP contribution in [0.25, 0.3) is 0 Å². The lowest BCUT2D eigenvalue weighted by molar-refractivity contribution is 0.598. The zero-order chi connectivity index (χ0) is 11.6. The van der Waals surface area contributed by atoms with Gasteiger partial charge in [0.1, 0.15) is 4.90 Å². The predicted molar refractivity (Wildman–Crippen MR) is 58.9 cm³/mol. The van der Waals surface area contributed by atoms with Gasteiger partial charge in [0.2, 0.25) is 5.96 Å². The van der Waals surface area contributed by atoms with E-state index in [2.05, 4.69) is 4.40 Å². The van der Waals surface area contributed by atoms with E-state index in [1.54, 1.807) is 0 Å². The average Bonchev–Trinajstić information content (AvgIpc) is 2.06. The molecule has 0 unspecified atom stereocenters. The molecule has 0 saturated carbocycles. The second kappa shape index (κ2) is 3.95. The summed E-state index contributed by atoms with van der Waals surface area (Å²) < 4.78 is 26.1. The number of benzene rings is 1. The van der Waals surface area contributed by atoms with Gasteiger partial charge in [-0.05, 0) is 18.2 Å². The highest BCUT2D eigenvalue weighted by atomic mass is 35.5. The van der Waals surface area contributed by atoms with E-state index in [0.717, 1.165) is 0 Å². The standard InChI is InChI=1S/C7H9ClN4O2S/c8-4-1-2-5(9)6(3-4)15(13,14)12-7(10)11/h1-3H,9H2,(H4,10,11,12). The number of nitrogens with zero attached hydrogens (tertiary/aromatic N) is 1. The van der Waals surface area contributed by atoms with Crippen molar-refractivity contribution in [3.63, 3.8) is 0 Å². The molecule has 0 aliphatic rings. The van der Waals surface area contributed by atoms with Gasteiger partial charge in [0.15, 0.2) is 0 Å². The van der Waals surface area contributed by atoms with Crippen molar-refractivity contribution >= 4 is 33.3 Å². The Morgan fingerprint density at radius 1 is 1.33 bits per heavy atom. The summed E-state index contributed by atoms with van der Waals surface area (Å²) in [5, 5.41) is 0.230. The minimum absolute atomic E-state index is 0.0319. The van der Waals surface area contributed by atoms with Crippen molar-refractivity contribution in [3.8, 4) is 0 Å². The third-order valence-electron chi connectivity index (χ3n) is 1.48. The molecule has 0 fully saturated rings. The van der Waals surface area contributed by atoms with Crippen LogP contribution < -0.4 is 17.2 Å². The number of nitrogens with two attached hydrogens (primary N) is 3. The van der Waals surface area contributed by atoms with Gasteiger partial charge in [-0.25, -0.2) is 0 Å². The van der Waals surface area contributed by atoms with Gasteiger partial charge in [-0.1, -0.05) is 11.6 Å². The quantitative estimate of drug-likeness (QED) is 0.382. The molecular weight excluding hydrogens is 240 g/mol. The van der Waals surface area contributed by atoms with Crippen molar-refractivity contribution in [2.75, 3.05) is 5.73 Å². The van der Waals surface area contributed by atoms with Gasteiger partial charge in [0.25, 0.3) is 10.0 Å². The molecule has 0 amide bonds. The number of hydrogen-bond acceptors (Lipinski definition) is 3. The maximum Gasteiger partial charge on any atom is 0.287 e. The second-order valence-corrected chi connectivity index (χ2v) is 4.68. The van der Waals surface area contributed by atoms with Gasteiger partial charge in [-0.3, -0.25) is 0 Å². The van der Waals surface area contributed by atoms with Crippen LogP contribution in [-0.2, 0) is 10.0 Å². The van der Waals surface area contributed by atoms with Crippen molar-refractivity contribution in [2.24, 2.45) is 15.9 Å². The largest absolute Gasteiger partial charge is 0.398 e. The first-order valence-corrected chi connectivity index (χ1v) is 5.55. The first-order valence-electron chi connectivity index (χ1n) is 3.74. The van der Waals surface area contributed by atoms with Crippen LogP contribution in [0.5, 0.6) is 0 Å². The van der Waals surface area contributed by atoms with E-state index in [-0.39, 0.29) is 15.6 Å². The number of guanidine groups is 1. The number of hydrogen-bond donors (Lipinski definition) is 3. The minimum Gasteiger partial charge on any atom is -0.398 e. The van der Waals surface area contributed by atoms with E-state index in [1.165, 1.54) is 18.2 Å². The Kier molecular flexibility index (Phi) is 3.06. The molecule has 1 aromatic rings. The van der Waals surface area contributed by atoms with Crippen molar-refractivity contribution in [3.05, 3.63) is 23.2 Å². The molecule has 8 heteroatoms. The highest BCUT2D eigenvalue weighted by molar-refractivity contribution is 7.90. The molecule has 82 valence electrons. The number of rotatable bonds is 2. The Labute approximate surface area is 91.8 Å². The molecule has 1 rings (SSSR count). The monoisotopic (exact) mass is 248 g/mol. The molecule has 15 heavy (non-hydrogen) atoms. The molecule has 1 aromatic carbocycles. The molecule has 6 N–H and O–H groups in total. The summed E-state index contributed by atoms with van der Waals surface area (Å²) in [5.41, 5.74) is 15.5. The number of halogens is 1. The van der Waals surface area contributed by atoms with Crippen LogP contribution in [0.2, 0.25) is 5.02 Å². The highest BCUT2D eigenvalue weighted by Gasteiger charge is 2.17.